The summed E-state index contributed by atoms with van der Waals surface area (Å²) in [5, 5.41) is 14.7. The van der Waals surface area contributed by atoms with Crippen LogP contribution in [0.15, 0.2) is 52.9 Å². The topological polar surface area (TPSA) is 101 Å². The fourth-order valence-electron chi connectivity index (χ4n) is 4.69. The van der Waals surface area contributed by atoms with Crippen LogP contribution < -0.4 is 5.32 Å². The maximum atomic E-state index is 12.6. The number of carbonyl (C=O) groups is 2. The van der Waals surface area contributed by atoms with E-state index in [4.69, 9.17) is 27.9 Å². The lowest BCUT2D eigenvalue weighted by Crippen LogP contribution is -2.54. The number of aromatic nitrogens is 2. The molecular weight excluding hydrogens is 557 g/mol. The number of nitrogens with one attached hydrogen (secondary N) is 1. The van der Waals surface area contributed by atoms with E-state index in [2.05, 4.69) is 31.2 Å². The molecule has 1 aliphatic carbocycles. The molecule has 1 aliphatic heterocycles. The van der Waals surface area contributed by atoms with Gasteiger partial charge in [0.1, 0.15) is 6.04 Å². The molecule has 35 heavy (non-hydrogen) atoms. The minimum Gasteiger partial charge on any atom is -0.480 e. The molecule has 5 rings (SSSR count). The van der Waals surface area contributed by atoms with Crippen molar-refractivity contribution in [3.8, 4) is 11.3 Å². The first-order valence-electron chi connectivity index (χ1n) is 11.0. The zero-order chi connectivity index (χ0) is 24.7. The van der Waals surface area contributed by atoms with Crippen LogP contribution in [0, 0.1) is 5.41 Å². The summed E-state index contributed by atoms with van der Waals surface area (Å²) in [6.45, 7) is 0.953. The van der Waals surface area contributed by atoms with Crippen molar-refractivity contribution in [2.45, 2.75) is 25.3 Å². The number of carboxylic acid groups (broad SMARTS) is 1. The third-order valence-electron chi connectivity index (χ3n) is 6.60. The molecule has 10 heteroatoms. The second kappa shape index (κ2) is 9.50. The number of allylic oxidation sites excluding steroid dienone is 2. The summed E-state index contributed by atoms with van der Waals surface area (Å²) in [5.74, 6) is -0.982. The molecule has 0 radical (unpaired) electrons. The highest BCUT2D eigenvalue weighted by Crippen LogP contribution is 2.51. The van der Waals surface area contributed by atoms with Crippen molar-refractivity contribution in [2.24, 2.45) is 5.41 Å². The quantitative estimate of drug-likeness (QED) is 0.417. The summed E-state index contributed by atoms with van der Waals surface area (Å²) in [6.07, 6.45) is 4.37. The van der Waals surface area contributed by atoms with Crippen LogP contribution in [0.1, 0.15) is 18.4 Å². The summed E-state index contributed by atoms with van der Waals surface area (Å²) in [6, 6.07) is 8.44. The van der Waals surface area contributed by atoms with Gasteiger partial charge in [-0.15, -0.1) is 0 Å². The van der Waals surface area contributed by atoms with E-state index in [-0.39, 0.29) is 12.2 Å². The van der Waals surface area contributed by atoms with Gasteiger partial charge in [-0.2, -0.15) is 0 Å². The van der Waals surface area contributed by atoms with Crippen molar-refractivity contribution < 1.29 is 19.4 Å². The molecule has 3 heterocycles. The molecule has 1 atom stereocenters. The summed E-state index contributed by atoms with van der Waals surface area (Å²) >= 11 is 15.9. The maximum absolute atomic E-state index is 12.6. The van der Waals surface area contributed by atoms with E-state index >= 15 is 0 Å². The van der Waals surface area contributed by atoms with Gasteiger partial charge in [0.05, 0.1) is 31.2 Å². The third kappa shape index (κ3) is 4.33. The zero-order valence-corrected chi connectivity index (χ0v) is 21.5. The van der Waals surface area contributed by atoms with Gasteiger partial charge in [0.15, 0.2) is 5.78 Å². The van der Waals surface area contributed by atoms with Gasteiger partial charge >= 0.3 is 5.97 Å². The van der Waals surface area contributed by atoms with Gasteiger partial charge in [-0.05, 0) is 52.5 Å². The van der Waals surface area contributed by atoms with Crippen LogP contribution in [0.25, 0.3) is 22.2 Å². The van der Waals surface area contributed by atoms with Gasteiger partial charge in [-0.3, -0.25) is 9.78 Å². The largest absolute Gasteiger partial charge is 0.480 e. The van der Waals surface area contributed by atoms with Gasteiger partial charge < -0.3 is 15.2 Å². The number of rotatable bonds is 6. The number of aliphatic carboxylic acids is 1. The molecule has 2 aliphatic rings. The number of ether oxygens (including phenoxy) is 1. The molecule has 1 saturated heterocycles. The summed E-state index contributed by atoms with van der Waals surface area (Å²) in [4.78, 5) is 33.4. The lowest BCUT2D eigenvalue weighted by atomic mass is 9.66. The Hall–Kier alpha value is -2.52. The molecule has 0 bridgehead atoms. The molecule has 0 unspecified atom stereocenters. The molecule has 1 spiro atoms. The molecule has 0 saturated carbocycles. The highest BCUT2D eigenvalue weighted by molar-refractivity contribution is 9.12. The average Bonchev–Trinajstić information content (AvgIpc) is 2.86. The predicted octanol–water partition coefficient (Wildman–Crippen LogP) is 5.17. The molecule has 180 valence electrons. The number of Topliss-reactive ketones (excluding diaryl/α,β-unsaturated/α-hetero) is 1. The van der Waals surface area contributed by atoms with Crippen molar-refractivity contribution in [3.63, 3.8) is 0 Å². The van der Waals surface area contributed by atoms with Gasteiger partial charge in [-0.25, -0.2) is 9.78 Å². The lowest BCUT2D eigenvalue weighted by Gasteiger charge is -2.45. The first-order chi connectivity index (χ1) is 16.8. The number of carbonyl (C=O) groups excluding carboxylic acids is 1. The van der Waals surface area contributed by atoms with Crippen LogP contribution in [-0.4, -0.2) is 46.1 Å². The Bertz CT molecular complexity index is 1370. The number of ketones is 1. The van der Waals surface area contributed by atoms with E-state index in [0.717, 1.165) is 16.5 Å². The second-order valence-electron chi connectivity index (χ2n) is 8.65. The maximum Gasteiger partial charge on any atom is 0.326 e. The molecule has 3 aromatic rings. The zero-order valence-electron chi connectivity index (χ0n) is 18.4. The van der Waals surface area contributed by atoms with E-state index in [1.54, 1.807) is 0 Å². The minimum absolute atomic E-state index is 0.00873. The van der Waals surface area contributed by atoms with E-state index in [1.807, 2.05) is 30.3 Å². The predicted molar refractivity (Wildman–Crippen MR) is 137 cm³/mol. The van der Waals surface area contributed by atoms with Crippen LogP contribution in [0.5, 0.6) is 0 Å². The highest BCUT2D eigenvalue weighted by Gasteiger charge is 2.54. The number of pyridine rings is 2. The standard InChI is InChI=1S/C25H20BrCl2N3O4/c26-21-22(25(23(21)32)5-7-35-8-6-25)31-19(24(33)34)10-13-1-3-17-14(9-13)2-4-18(30-17)20-15(27)11-29-12-16(20)28/h1-4,9,11-12,19,31H,5-8,10H2,(H,33,34)/t19-/m0/s1. The second-order valence-corrected chi connectivity index (χ2v) is 10.3. The van der Waals surface area contributed by atoms with E-state index in [1.165, 1.54) is 12.4 Å². The fourth-order valence-corrected chi connectivity index (χ4v) is 6.12. The van der Waals surface area contributed by atoms with Crippen LogP contribution in [0.3, 0.4) is 0 Å². The molecular formula is C25H20BrCl2N3O4. The smallest absolute Gasteiger partial charge is 0.326 e. The minimum atomic E-state index is -0.991. The number of hydrogen-bond acceptors (Lipinski definition) is 6. The molecule has 2 aromatic heterocycles. The number of carboxylic acids is 1. The van der Waals surface area contributed by atoms with Gasteiger partial charge in [0.2, 0.25) is 0 Å². The van der Waals surface area contributed by atoms with Gasteiger partial charge in [0.25, 0.3) is 0 Å². The van der Waals surface area contributed by atoms with Crippen LogP contribution in [0.4, 0.5) is 0 Å². The number of fused-ring (bicyclic) bond motifs is 1. The Kier molecular flexibility index (Phi) is 6.57. The van der Waals surface area contributed by atoms with Crippen molar-refractivity contribution in [3.05, 3.63) is 68.5 Å². The molecule has 1 aromatic carbocycles. The number of benzene rings is 1. The fraction of sp³-hybridized carbons (Fsp3) is 0.280. The number of halogens is 3. The molecule has 1 fully saturated rings. The Morgan fingerprint density at radius 2 is 1.89 bits per heavy atom. The van der Waals surface area contributed by atoms with Crippen molar-refractivity contribution in [2.75, 3.05) is 13.2 Å². The first kappa shape index (κ1) is 24.2. The third-order valence-corrected chi connectivity index (χ3v) is 7.93. The van der Waals surface area contributed by atoms with Gasteiger partial charge in [0, 0.05) is 48.7 Å². The van der Waals surface area contributed by atoms with Crippen molar-refractivity contribution in [1.29, 1.82) is 0 Å². The van der Waals surface area contributed by atoms with Crippen LogP contribution >= 0.6 is 39.1 Å². The first-order valence-corrected chi connectivity index (χ1v) is 12.6. The Morgan fingerprint density at radius 1 is 1.17 bits per heavy atom. The lowest BCUT2D eigenvalue weighted by molar-refractivity contribution is -0.140. The highest BCUT2D eigenvalue weighted by atomic mass is 79.9. The van der Waals surface area contributed by atoms with E-state index in [9.17, 15) is 14.7 Å². The normalized spacial score (nSPS) is 18.0. The van der Waals surface area contributed by atoms with Crippen LogP contribution in [0.2, 0.25) is 10.0 Å². The monoisotopic (exact) mass is 575 g/mol. The average molecular weight is 577 g/mol. The molecule has 7 nitrogen and oxygen atoms in total. The summed E-state index contributed by atoms with van der Waals surface area (Å²) in [7, 11) is 0. The van der Waals surface area contributed by atoms with Crippen molar-refractivity contribution >= 4 is 61.8 Å². The van der Waals surface area contributed by atoms with Crippen LogP contribution in [-0.2, 0) is 20.7 Å². The van der Waals surface area contributed by atoms with Crippen molar-refractivity contribution in [1.82, 2.24) is 15.3 Å². The summed E-state index contributed by atoms with van der Waals surface area (Å²) in [5.41, 5.74) is 2.78. The Labute approximate surface area is 219 Å². The number of nitrogens with zero attached hydrogens (tertiary/aromatic N) is 2. The Morgan fingerprint density at radius 3 is 2.57 bits per heavy atom. The Balaban J connectivity index is 1.39. The van der Waals surface area contributed by atoms with E-state index in [0.29, 0.717) is 57.5 Å². The number of hydrogen-bond donors (Lipinski definition) is 2. The van der Waals surface area contributed by atoms with Gasteiger partial charge in [-0.1, -0.05) is 35.3 Å². The van der Waals surface area contributed by atoms with E-state index < -0.39 is 17.4 Å². The SMILES string of the molecule is O=C(O)[C@H](Cc1ccc2nc(-c3c(Cl)cncc3Cl)ccc2c1)NC1=C(Br)C(=O)C12CCOCC2. The summed E-state index contributed by atoms with van der Waals surface area (Å²) < 4.78 is 5.84. The molecule has 2 N–H and O–H groups in total. The molecule has 0 amide bonds.